The van der Waals surface area contributed by atoms with Gasteiger partial charge in [-0.15, -0.1) is 0 Å². The summed E-state index contributed by atoms with van der Waals surface area (Å²) in [6.07, 6.45) is 5.46. The van der Waals surface area contributed by atoms with E-state index in [4.69, 9.17) is 4.99 Å². The Balaban J connectivity index is 1.58. The second-order valence-electron chi connectivity index (χ2n) is 5.97. The van der Waals surface area contributed by atoms with Gasteiger partial charge in [0.05, 0.1) is 11.4 Å². The van der Waals surface area contributed by atoms with Gasteiger partial charge >= 0.3 is 0 Å². The molecule has 1 saturated heterocycles. The molecule has 21 heavy (non-hydrogen) atoms. The van der Waals surface area contributed by atoms with Crippen LogP contribution in [0.25, 0.3) is 0 Å². The molecule has 0 radical (unpaired) electrons. The van der Waals surface area contributed by atoms with Crippen molar-refractivity contribution in [3.05, 3.63) is 53.2 Å². The number of pyridine rings is 1. The molecule has 1 aromatic heterocycles. The molecule has 1 aromatic carbocycles. The Labute approximate surface area is 125 Å². The van der Waals surface area contributed by atoms with Gasteiger partial charge in [-0.1, -0.05) is 17.7 Å². The van der Waals surface area contributed by atoms with Crippen LogP contribution in [-0.2, 0) is 6.42 Å². The molecule has 0 spiro atoms. The quantitative estimate of drug-likeness (QED) is 0.838. The van der Waals surface area contributed by atoms with Gasteiger partial charge in [-0.05, 0) is 43.5 Å². The van der Waals surface area contributed by atoms with Crippen molar-refractivity contribution in [1.29, 1.82) is 0 Å². The highest BCUT2D eigenvalue weighted by Gasteiger charge is 2.17. The van der Waals surface area contributed by atoms with Crippen LogP contribution < -0.4 is 4.90 Å². The zero-order chi connectivity index (χ0) is 14.2. The smallest absolute Gasteiger partial charge is 0.128 e. The predicted molar refractivity (Wildman–Crippen MR) is 86.8 cm³/mol. The Bertz CT molecular complexity index is 695. The lowest BCUT2D eigenvalue weighted by atomic mass is 10.0. The van der Waals surface area contributed by atoms with Crippen LogP contribution in [0, 0.1) is 6.92 Å². The number of anilines is 1. The summed E-state index contributed by atoms with van der Waals surface area (Å²) in [7, 11) is 0. The van der Waals surface area contributed by atoms with Crippen LogP contribution in [0.15, 0.2) is 41.5 Å². The number of nitrogens with zero attached hydrogens (tertiary/aromatic N) is 3. The van der Waals surface area contributed by atoms with Gasteiger partial charge in [0.25, 0.3) is 0 Å². The third-order valence-corrected chi connectivity index (χ3v) is 4.36. The van der Waals surface area contributed by atoms with E-state index in [1.807, 2.05) is 6.20 Å². The van der Waals surface area contributed by atoms with Crippen LogP contribution in [0.3, 0.4) is 0 Å². The van der Waals surface area contributed by atoms with Crippen LogP contribution in [0.1, 0.15) is 29.5 Å². The van der Waals surface area contributed by atoms with Crippen molar-refractivity contribution in [2.45, 2.75) is 26.2 Å². The second-order valence-corrected chi connectivity index (χ2v) is 5.97. The van der Waals surface area contributed by atoms with Gasteiger partial charge in [0.2, 0.25) is 0 Å². The second kappa shape index (κ2) is 4.99. The van der Waals surface area contributed by atoms with E-state index in [1.165, 1.54) is 24.0 Å². The Morgan fingerprint density at radius 3 is 2.67 bits per heavy atom. The van der Waals surface area contributed by atoms with Crippen molar-refractivity contribution in [3.63, 3.8) is 0 Å². The molecule has 0 saturated carbocycles. The molecule has 3 heterocycles. The first kappa shape index (κ1) is 12.6. The topological polar surface area (TPSA) is 28.5 Å². The molecule has 1 fully saturated rings. The average Bonchev–Trinajstić information content (AvgIpc) is 3.16. The third-order valence-electron chi connectivity index (χ3n) is 4.36. The molecule has 2 aliphatic rings. The normalized spacial score (nSPS) is 17.0. The molecule has 106 valence electrons. The van der Waals surface area contributed by atoms with Crippen LogP contribution >= 0.6 is 0 Å². The molecule has 0 unspecified atom stereocenters. The van der Waals surface area contributed by atoms with E-state index in [-0.39, 0.29) is 0 Å². The maximum absolute atomic E-state index is 4.75. The first-order chi connectivity index (χ1) is 10.3. The lowest BCUT2D eigenvalue weighted by Crippen LogP contribution is -2.19. The Hall–Kier alpha value is -2.16. The lowest BCUT2D eigenvalue weighted by Gasteiger charge is -2.16. The van der Waals surface area contributed by atoms with Crippen molar-refractivity contribution in [3.8, 4) is 0 Å². The number of aryl methyl sites for hydroxylation is 1. The Morgan fingerprint density at radius 2 is 1.90 bits per heavy atom. The maximum Gasteiger partial charge on any atom is 0.128 e. The number of hydrogen-bond donors (Lipinski definition) is 0. The molecule has 2 aromatic rings. The average molecular weight is 277 g/mol. The van der Waals surface area contributed by atoms with Gasteiger partial charge in [0.15, 0.2) is 0 Å². The molecule has 3 heteroatoms. The maximum atomic E-state index is 4.75. The minimum Gasteiger partial charge on any atom is -0.357 e. The summed E-state index contributed by atoms with van der Waals surface area (Å²) in [4.78, 5) is 11.7. The molecule has 4 rings (SSSR count). The summed E-state index contributed by atoms with van der Waals surface area (Å²) < 4.78 is 0. The minimum atomic E-state index is 0.918. The summed E-state index contributed by atoms with van der Waals surface area (Å²) in [6.45, 7) is 4.40. The lowest BCUT2D eigenvalue weighted by molar-refractivity contribution is 0.937. The van der Waals surface area contributed by atoms with Gasteiger partial charge in [-0.2, -0.15) is 0 Å². The third kappa shape index (κ3) is 2.33. The summed E-state index contributed by atoms with van der Waals surface area (Å²) in [6, 6.07) is 10.8. The summed E-state index contributed by atoms with van der Waals surface area (Å²) in [5, 5.41) is 0. The monoisotopic (exact) mass is 277 g/mol. The van der Waals surface area contributed by atoms with Gasteiger partial charge in [0.1, 0.15) is 5.82 Å². The molecule has 0 N–H and O–H groups in total. The number of aromatic nitrogens is 1. The van der Waals surface area contributed by atoms with Crippen molar-refractivity contribution in [1.82, 2.24) is 4.98 Å². The van der Waals surface area contributed by atoms with E-state index in [2.05, 4.69) is 47.1 Å². The number of rotatable bonds is 2. The minimum absolute atomic E-state index is 0.918. The van der Waals surface area contributed by atoms with Gasteiger partial charge in [0, 0.05) is 31.3 Å². The van der Waals surface area contributed by atoms with Crippen LogP contribution in [-0.4, -0.2) is 23.8 Å². The Kier molecular flexibility index (Phi) is 2.99. The summed E-state index contributed by atoms with van der Waals surface area (Å²) >= 11 is 0. The molecular weight excluding hydrogens is 258 g/mol. The fourth-order valence-electron chi connectivity index (χ4n) is 3.19. The molecule has 2 aliphatic heterocycles. The highest BCUT2D eigenvalue weighted by molar-refractivity contribution is 6.06. The molecule has 0 amide bonds. The van der Waals surface area contributed by atoms with Gasteiger partial charge < -0.3 is 4.90 Å². The van der Waals surface area contributed by atoms with Gasteiger partial charge in [-0.25, -0.2) is 4.98 Å². The van der Waals surface area contributed by atoms with E-state index < -0.39 is 0 Å². The highest BCUT2D eigenvalue weighted by Crippen LogP contribution is 2.29. The highest BCUT2D eigenvalue weighted by atomic mass is 15.2. The number of fused-ring (bicyclic) bond motifs is 1. The molecule has 0 aliphatic carbocycles. The first-order valence-electron chi connectivity index (χ1n) is 7.68. The van der Waals surface area contributed by atoms with E-state index in [1.54, 1.807) is 0 Å². The number of hydrogen-bond acceptors (Lipinski definition) is 3. The summed E-state index contributed by atoms with van der Waals surface area (Å²) in [5.74, 6) is 1.10. The van der Waals surface area contributed by atoms with Crippen LogP contribution in [0.5, 0.6) is 0 Å². The van der Waals surface area contributed by atoms with Crippen molar-refractivity contribution in [2.75, 3.05) is 18.0 Å². The number of benzene rings is 1. The van der Waals surface area contributed by atoms with Crippen molar-refractivity contribution >= 4 is 17.2 Å². The van der Waals surface area contributed by atoms with Gasteiger partial charge in [-0.3, -0.25) is 4.99 Å². The predicted octanol–water partition coefficient (Wildman–Crippen LogP) is 3.67. The van der Waals surface area contributed by atoms with Crippen molar-refractivity contribution in [2.24, 2.45) is 4.99 Å². The number of aliphatic imine (C=N–C) groups is 1. The summed E-state index contributed by atoms with van der Waals surface area (Å²) in [5.41, 5.74) is 6.02. The van der Waals surface area contributed by atoms with E-state index in [0.29, 0.717) is 0 Å². The fourth-order valence-corrected chi connectivity index (χ4v) is 3.19. The van der Waals surface area contributed by atoms with E-state index >= 15 is 0 Å². The van der Waals surface area contributed by atoms with E-state index in [0.717, 1.165) is 42.3 Å². The molecular formula is C18H19N3. The first-order valence-corrected chi connectivity index (χ1v) is 7.68. The van der Waals surface area contributed by atoms with Crippen molar-refractivity contribution < 1.29 is 0 Å². The SMILES string of the molecule is Cc1ccc2c(c1)CC(c1ccc(N3CCCC3)nc1)=N2. The largest absolute Gasteiger partial charge is 0.357 e. The Morgan fingerprint density at radius 1 is 1.05 bits per heavy atom. The fraction of sp³-hybridized carbons (Fsp3) is 0.333. The molecule has 0 atom stereocenters. The molecule has 3 nitrogen and oxygen atoms in total. The van der Waals surface area contributed by atoms with Crippen LogP contribution in [0.2, 0.25) is 0 Å². The van der Waals surface area contributed by atoms with E-state index in [9.17, 15) is 0 Å². The standard InChI is InChI=1S/C18H19N3/c1-13-4-6-16-15(10-13)11-17(20-16)14-5-7-18(19-12-14)21-8-2-3-9-21/h4-7,10,12H,2-3,8-9,11H2,1H3. The zero-order valence-corrected chi connectivity index (χ0v) is 12.3. The molecule has 0 bridgehead atoms. The zero-order valence-electron chi connectivity index (χ0n) is 12.3. The van der Waals surface area contributed by atoms with Crippen LogP contribution in [0.4, 0.5) is 11.5 Å².